The zero-order valence-electron chi connectivity index (χ0n) is 10.7. The maximum Gasteiger partial charge on any atom is 0.232 e. The van der Waals surface area contributed by atoms with E-state index in [1.165, 1.54) is 0 Å². The Morgan fingerprint density at radius 2 is 2.10 bits per heavy atom. The molecule has 5 nitrogen and oxygen atoms in total. The van der Waals surface area contributed by atoms with E-state index in [1.54, 1.807) is 19.5 Å². The Kier molecular flexibility index (Phi) is 3.47. The van der Waals surface area contributed by atoms with Gasteiger partial charge in [0.05, 0.1) is 23.5 Å². The Balaban J connectivity index is 2.01. The van der Waals surface area contributed by atoms with Gasteiger partial charge in [-0.3, -0.25) is 4.98 Å². The molecule has 1 N–H and O–H groups in total. The number of pyridine rings is 1. The average molecular weight is 331 g/mol. The van der Waals surface area contributed by atoms with Gasteiger partial charge in [0.1, 0.15) is 0 Å². The second-order valence-corrected chi connectivity index (χ2v) is 4.93. The number of fused-ring (bicyclic) bond motifs is 1. The Hall–Kier alpha value is -2.21. The van der Waals surface area contributed by atoms with Gasteiger partial charge >= 0.3 is 0 Å². The first kappa shape index (κ1) is 12.8. The number of hydrogen-bond acceptors (Lipinski definition) is 5. The Morgan fingerprint density at radius 1 is 1.20 bits per heavy atom. The summed E-state index contributed by atoms with van der Waals surface area (Å²) >= 11 is 3.33. The lowest BCUT2D eigenvalue weighted by Gasteiger charge is -2.09. The van der Waals surface area contributed by atoms with Crippen LogP contribution in [0.25, 0.3) is 10.8 Å². The predicted molar refractivity (Wildman–Crippen MR) is 81.3 cm³/mol. The van der Waals surface area contributed by atoms with Crippen molar-refractivity contribution in [1.29, 1.82) is 0 Å². The largest absolute Gasteiger partial charge is 0.480 e. The molecule has 0 aliphatic rings. The molecule has 0 radical (unpaired) electrons. The standard InChI is InChI=1S/C14H11BrN4O/c1-20-13-11(15)8-17-14(19-13)18-12-4-2-3-9-5-6-16-7-10(9)12/h2-8H,1H3,(H,17,18,19). The fourth-order valence-corrected chi connectivity index (χ4v) is 2.25. The van der Waals surface area contributed by atoms with E-state index in [1.807, 2.05) is 30.5 Å². The second-order valence-electron chi connectivity index (χ2n) is 4.08. The van der Waals surface area contributed by atoms with Gasteiger partial charge < -0.3 is 10.1 Å². The van der Waals surface area contributed by atoms with E-state index in [0.29, 0.717) is 16.3 Å². The lowest BCUT2D eigenvalue weighted by Crippen LogP contribution is -2.00. The molecule has 6 heteroatoms. The Labute approximate surface area is 124 Å². The van der Waals surface area contributed by atoms with Crippen molar-refractivity contribution in [3.05, 3.63) is 47.3 Å². The van der Waals surface area contributed by atoms with Gasteiger partial charge in [-0.2, -0.15) is 4.98 Å². The highest BCUT2D eigenvalue weighted by molar-refractivity contribution is 9.10. The molecule has 0 fully saturated rings. The summed E-state index contributed by atoms with van der Waals surface area (Å²) in [4.78, 5) is 12.7. The first-order valence-electron chi connectivity index (χ1n) is 5.94. The minimum Gasteiger partial charge on any atom is -0.480 e. The summed E-state index contributed by atoms with van der Waals surface area (Å²) in [7, 11) is 1.57. The maximum absolute atomic E-state index is 5.16. The zero-order valence-corrected chi connectivity index (χ0v) is 12.3. The number of aromatic nitrogens is 3. The molecule has 0 atom stereocenters. The third-order valence-corrected chi connectivity index (χ3v) is 3.38. The number of nitrogens with zero attached hydrogens (tertiary/aromatic N) is 3. The predicted octanol–water partition coefficient (Wildman–Crippen LogP) is 3.54. The number of hydrogen-bond donors (Lipinski definition) is 1. The molecular formula is C14H11BrN4O. The Morgan fingerprint density at radius 3 is 2.95 bits per heavy atom. The van der Waals surface area contributed by atoms with Crippen LogP contribution in [-0.4, -0.2) is 22.1 Å². The summed E-state index contributed by atoms with van der Waals surface area (Å²) in [5, 5.41) is 5.31. The number of anilines is 2. The number of halogens is 1. The van der Waals surface area contributed by atoms with Crippen LogP contribution in [0, 0.1) is 0 Å². The van der Waals surface area contributed by atoms with Crippen molar-refractivity contribution in [2.75, 3.05) is 12.4 Å². The summed E-state index contributed by atoms with van der Waals surface area (Å²) < 4.78 is 5.87. The molecule has 1 aromatic carbocycles. The van der Waals surface area contributed by atoms with E-state index in [9.17, 15) is 0 Å². The van der Waals surface area contributed by atoms with Crippen LogP contribution in [0.2, 0.25) is 0 Å². The minimum absolute atomic E-state index is 0.474. The molecule has 20 heavy (non-hydrogen) atoms. The Bertz CT molecular complexity index is 758. The van der Waals surface area contributed by atoms with Crippen LogP contribution < -0.4 is 10.1 Å². The van der Waals surface area contributed by atoms with Gasteiger partial charge in [-0.25, -0.2) is 4.98 Å². The van der Waals surface area contributed by atoms with Crippen LogP contribution in [0.3, 0.4) is 0 Å². The van der Waals surface area contributed by atoms with Crippen LogP contribution in [-0.2, 0) is 0 Å². The molecule has 3 rings (SSSR count). The average Bonchev–Trinajstić information content (AvgIpc) is 2.49. The number of ether oxygens (including phenoxy) is 1. The topological polar surface area (TPSA) is 59.9 Å². The summed E-state index contributed by atoms with van der Waals surface area (Å²) in [6.07, 6.45) is 5.23. The zero-order chi connectivity index (χ0) is 13.9. The summed E-state index contributed by atoms with van der Waals surface area (Å²) in [5.41, 5.74) is 0.903. The molecule has 0 unspecified atom stereocenters. The quantitative estimate of drug-likeness (QED) is 0.795. The number of nitrogens with one attached hydrogen (secondary N) is 1. The van der Waals surface area contributed by atoms with Gasteiger partial charge in [0.15, 0.2) is 0 Å². The minimum atomic E-state index is 0.474. The van der Waals surface area contributed by atoms with Crippen molar-refractivity contribution >= 4 is 38.3 Å². The molecule has 0 amide bonds. The molecule has 2 aromatic heterocycles. The van der Waals surface area contributed by atoms with E-state index in [4.69, 9.17) is 4.74 Å². The van der Waals surface area contributed by atoms with Crippen LogP contribution in [0.4, 0.5) is 11.6 Å². The fraction of sp³-hybridized carbons (Fsp3) is 0.0714. The van der Waals surface area contributed by atoms with Crippen molar-refractivity contribution in [1.82, 2.24) is 15.0 Å². The first-order chi connectivity index (χ1) is 9.78. The number of methoxy groups -OCH3 is 1. The van der Waals surface area contributed by atoms with Gasteiger partial charge in [0, 0.05) is 17.8 Å². The molecule has 0 saturated carbocycles. The molecule has 100 valence electrons. The molecule has 0 bridgehead atoms. The van der Waals surface area contributed by atoms with Gasteiger partial charge in [0.2, 0.25) is 11.8 Å². The fourth-order valence-electron chi connectivity index (χ4n) is 1.90. The van der Waals surface area contributed by atoms with Crippen molar-refractivity contribution in [3.63, 3.8) is 0 Å². The van der Waals surface area contributed by atoms with E-state index in [0.717, 1.165) is 16.5 Å². The highest BCUT2D eigenvalue weighted by Gasteiger charge is 2.07. The van der Waals surface area contributed by atoms with Crippen molar-refractivity contribution in [2.24, 2.45) is 0 Å². The second kappa shape index (κ2) is 5.42. The molecular weight excluding hydrogens is 320 g/mol. The summed E-state index contributed by atoms with van der Waals surface area (Å²) in [5.74, 6) is 0.960. The third-order valence-electron chi connectivity index (χ3n) is 2.84. The van der Waals surface area contributed by atoms with Crippen molar-refractivity contribution < 1.29 is 4.74 Å². The molecule has 0 saturated heterocycles. The van der Waals surface area contributed by atoms with Crippen LogP contribution in [0.1, 0.15) is 0 Å². The van der Waals surface area contributed by atoms with Gasteiger partial charge in [-0.05, 0) is 33.4 Å². The van der Waals surface area contributed by atoms with Gasteiger partial charge in [-0.15, -0.1) is 0 Å². The normalized spacial score (nSPS) is 10.5. The highest BCUT2D eigenvalue weighted by atomic mass is 79.9. The summed E-state index contributed by atoms with van der Waals surface area (Å²) in [6.45, 7) is 0. The van der Waals surface area contributed by atoms with Crippen molar-refractivity contribution in [2.45, 2.75) is 0 Å². The summed E-state index contributed by atoms with van der Waals surface area (Å²) in [6, 6.07) is 7.93. The number of rotatable bonds is 3. The molecule has 0 aliphatic heterocycles. The van der Waals surface area contributed by atoms with Gasteiger partial charge in [0.25, 0.3) is 0 Å². The third kappa shape index (κ3) is 2.42. The van der Waals surface area contributed by atoms with E-state index >= 15 is 0 Å². The molecule has 2 heterocycles. The van der Waals surface area contributed by atoms with Crippen LogP contribution in [0.5, 0.6) is 5.88 Å². The highest BCUT2D eigenvalue weighted by Crippen LogP contribution is 2.27. The maximum atomic E-state index is 5.16. The first-order valence-corrected chi connectivity index (χ1v) is 6.73. The molecule has 3 aromatic rings. The molecule has 0 spiro atoms. The number of benzene rings is 1. The van der Waals surface area contributed by atoms with E-state index in [-0.39, 0.29) is 0 Å². The SMILES string of the molecule is COc1nc(Nc2cccc3ccncc23)ncc1Br. The molecule has 0 aliphatic carbocycles. The van der Waals surface area contributed by atoms with E-state index in [2.05, 4.69) is 36.2 Å². The van der Waals surface area contributed by atoms with Crippen LogP contribution in [0.15, 0.2) is 47.3 Å². The van der Waals surface area contributed by atoms with Gasteiger partial charge in [-0.1, -0.05) is 12.1 Å². The van der Waals surface area contributed by atoms with E-state index < -0.39 is 0 Å². The lowest BCUT2D eigenvalue weighted by molar-refractivity contribution is 0.394. The van der Waals surface area contributed by atoms with Crippen molar-refractivity contribution in [3.8, 4) is 5.88 Å². The smallest absolute Gasteiger partial charge is 0.232 e. The van der Waals surface area contributed by atoms with Crippen LogP contribution >= 0.6 is 15.9 Å². The monoisotopic (exact) mass is 330 g/mol. The lowest BCUT2D eigenvalue weighted by atomic mass is 10.1.